The topological polar surface area (TPSA) is 55.6 Å². The Morgan fingerprint density at radius 3 is 2.52 bits per heavy atom. The van der Waals surface area contributed by atoms with Gasteiger partial charge in [0.15, 0.2) is 4.96 Å². The van der Waals surface area contributed by atoms with E-state index in [9.17, 15) is 4.79 Å². The first-order valence-electron chi connectivity index (χ1n) is 7.72. The van der Waals surface area contributed by atoms with Crippen molar-refractivity contribution >= 4 is 27.9 Å². The molecule has 124 valence electrons. The van der Waals surface area contributed by atoms with Crippen LogP contribution in [0.15, 0.2) is 67.0 Å². The van der Waals surface area contributed by atoms with E-state index in [1.807, 2.05) is 28.8 Å². The third kappa shape index (κ3) is 3.12. The summed E-state index contributed by atoms with van der Waals surface area (Å²) in [6.07, 6.45) is 3.74. The third-order valence-corrected chi connectivity index (χ3v) is 4.84. The smallest absolute Gasteiger partial charge is 0.275 e. The number of amides is 1. The fourth-order valence-electron chi connectivity index (χ4n) is 2.51. The zero-order valence-corrected chi connectivity index (χ0v) is 14.3. The molecular formula is C19H15N3O2S. The Morgan fingerprint density at radius 2 is 1.84 bits per heavy atom. The average Bonchev–Trinajstić information content (AvgIpc) is 3.22. The van der Waals surface area contributed by atoms with Crippen LogP contribution in [0.4, 0.5) is 5.69 Å². The molecule has 2 heterocycles. The van der Waals surface area contributed by atoms with E-state index in [0.29, 0.717) is 11.4 Å². The van der Waals surface area contributed by atoms with E-state index < -0.39 is 0 Å². The summed E-state index contributed by atoms with van der Waals surface area (Å²) in [6, 6.07) is 17.3. The van der Waals surface area contributed by atoms with E-state index in [1.54, 1.807) is 48.9 Å². The molecule has 0 saturated carbocycles. The second-order valence-electron chi connectivity index (χ2n) is 5.46. The first-order valence-corrected chi connectivity index (χ1v) is 8.54. The zero-order chi connectivity index (χ0) is 17.2. The van der Waals surface area contributed by atoms with Crippen molar-refractivity contribution in [1.29, 1.82) is 0 Å². The quantitative estimate of drug-likeness (QED) is 0.597. The number of fused-ring (bicyclic) bond motifs is 1. The molecule has 1 amide bonds. The minimum absolute atomic E-state index is 0.234. The molecule has 0 atom stereocenters. The van der Waals surface area contributed by atoms with Crippen LogP contribution in [0.2, 0.25) is 0 Å². The summed E-state index contributed by atoms with van der Waals surface area (Å²) < 4.78 is 6.99. The summed E-state index contributed by atoms with van der Waals surface area (Å²) in [7, 11) is 1.61. The highest BCUT2D eigenvalue weighted by Crippen LogP contribution is 2.28. The lowest BCUT2D eigenvalue weighted by Gasteiger charge is -2.04. The predicted molar refractivity (Wildman–Crippen MR) is 99.5 cm³/mol. The van der Waals surface area contributed by atoms with Crippen LogP contribution in [-0.2, 0) is 0 Å². The van der Waals surface area contributed by atoms with Gasteiger partial charge in [-0.3, -0.25) is 9.20 Å². The van der Waals surface area contributed by atoms with Gasteiger partial charge in [0.1, 0.15) is 11.4 Å². The Labute approximate surface area is 148 Å². The van der Waals surface area contributed by atoms with Crippen molar-refractivity contribution in [3.05, 3.63) is 72.7 Å². The van der Waals surface area contributed by atoms with Crippen LogP contribution in [0.3, 0.4) is 0 Å². The van der Waals surface area contributed by atoms with E-state index in [1.165, 1.54) is 0 Å². The van der Waals surface area contributed by atoms with Crippen molar-refractivity contribution in [3.63, 3.8) is 0 Å². The number of hydrogen-bond donors (Lipinski definition) is 1. The van der Waals surface area contributed by atoms with E-state index in [4.69, 9.17) is 4.74 Å². The SMILES string of the molecule is COc1ccc(NC(=O)c2cn3cc(-c4ccccc4)sc3n2)cc1. The number of carbonyl (C=O) groups is 1. The molecule has 4 rings (SSSR count). The number of rotatable bonds is 4. The summed E-state index contributed by atoms with van der Waals surface area (Å²) in [5.74, 6) is 0.510. The summed E-state index contributed by atoms with van der Waals surface area (Å²) in [5.41, 5.74) is 2.23. The number of methoxy groups -OCH3 is 1. The number of nitrogens with zero attached hydrogens (tertiary/aromatic N) is 2. The Bertz CT molecular complexity index is 988. The van der Waals surface area contributed by atoms with Crippen molar-refractivity contribution in [1.82, 2.24) is 9.38 Å². The fourth-order valence-corrected chi connectivity index (χ4v) is 3.48. The van der Waals surface area contributed by atoms with Gasteiger partial charge in [-0.15, -0.1) is 0 Å². The summed E-state index contributed by atoms with van der Waals surface area (Å²) in [4.78, 5) is 18.7. The second kappa shape index (κ2) is 6.41. The van der Waals surface area contributed by atoms with Crippen LogP contribution in [0.1, 0.15) is 10.5 Å². The Balaban J connectivity index is 1.55. The largest absolute Gasteiger partial charge is 0.497 e. The van der Waals surface area contributed by atoms with Crippen LogP contribution >= 0.6 is 11.3 Å². The molecule has 0 aliphatic heterocycles. The molecule has 0 radical (unpaired) electrons. The van der Waals surface area contributed by atoms with Gasteiger partial charge < -0.3 is 10.1 Å². The molecule has 0 unspecified atom stereocenters. The number of thiazole rings is 1. The van der Waals surface area contributed by atoms with E-state index in [-0.39, 0.29) is 5.91 Å². The highest BCUT2D eigenvalue weighted by molar-refractivity contribution is 7.20. The highest BCUT2D eigenvalue weighted by Gasteiger charge is 2.14. The minimum Gasteiger partial charge on any atom is -0.497 e. The van der Waals surface area contributed by atoms with Gasteiger partial charge in [-0.25, -0.2) is 4.98 Å². The number of benzene rings is 2. The number of ether oxygens (including phenoxy) is 1. The number of anilines is 1. The number of nitrogens with one attached hydrogen (secondary N) is 1. The number of imidazole rings is 1. The maximum atomic E-state index is 12.4. The van der Waals surface area contributed by atoms with Crippen molar-refractivity contribution in [2.24, 2.45) is 0 Å². The van der Waals surface area contributed by atoms with Crippen molar-refractivity contribution in [2.45, 2.75) is 0 Å². The van der Waals surface area contributed by atoms with Crippen LogP contribution in [0.5, 0.6) is 5.75 Å². The summed E-state index contributed by atoms with van der Waals surface area (Å²) >= 11 is 1.56. The molecule has 1 N–H and O–H groups in total. The zero-order valence-electron chi connectivity index (χ0n) is 13.5. The van der Waals surface area contributed by atoms with Gasteiger partial charge in [-0.05, 0) is 29.8 Å². The second-order valence-corrected chi connectivity index (χ2v) is 6.47. The molecule has 0 spiro atoms. The van der Waals surface area contributed by atoms with Gasteiger partial charge in [0.25, 0.3) is 5.91 Å². The molecule has 2 aromatic carbocycles. The van der Waals surface area contributed by atoms with Crippen molar-refractivity contribution < 1.29 is 9.53 Å². The molecule has 0 saturated heterocycles. The molecule has 6 heteroatoms. The van der Waals surface area contributed by atoms with Gasteiger partial charge in [-0.1, -0.05) is 41.7 Å². The Hall–Kier alpha value is -3.12. The van der Waals surface area contributed by atoms with Gasteiger partial charge in [0, 0.05) is 18.1 Å². The first kappa shape index (κ1) is 15.4. The molecule has 0 aliphatic carbocycles. The van der Waals surface area contributed by atoms with Crippen LogP contribution < -0.4 is 10.1 Å². The normalized spacial score (nSPS) is 10.8. The molecule has 0 aliphatic rings. The molecule has 5 nitrogen and oxygen atoms in total. The maximum absolute atomic E-state index is 12.4. The summed E-state index contributed by atoms with van der Waals surface area (Å²) in [5, 5.41) is 2.84. The number of aromatic nitrogens is 2. The van der Waals surface area contributed by atoms with E-state index in [0.717, 1.165) is 21.2 Å². The maximum Gasteiger partial charge on any atom is 0.275 e. The van der Waals surface area contributed by atoms with Crippen LogP contribution in [0, 0.1) is 0 Å². The van der Waals surface area contributed by atoms with Crippen LogP contribution in [-0.4, -0.2) is 22.4 Å². The lowest BCUT2D eigenvalue weighted by atomic mass is 10.2. The average molecular weight is 349 g/mol. The minimum atomic E-state index is -0.234. The molecule has 25 heavy (non-hydrogen) atoms. The van der Waals surface area contributed by atoms with Crippen LogP contribution in [0.25, 0.3) is 15.4 Å². The van der Waals surface area contributed by atoms with Gasteiger partial charge in [0.05, 0.1) is 12.0 Å². The molecule has 0 bridgehead atoms. The number of hydrogen-bond acceptors (Lipinski definition) is 4. The lowest BCUT2D eigenvalue weighted by molar-refractivity contribution is 0.102. The highest BCUT2D eigenvalue weighted by atomic mass is 32.1. The predicted octanol–water partition coefficient (Wildman–Crippen LogP) is 4.32. The first-order chi connectivity index (χ1) is 12.2. The third-order valence-electron chi connectivity index (χ3n) is 3.79. The standard InChI is InChI=1S/C19H15N3O2S/c1-24-15-9-7-14(8-10-15)20-18(23)16-11-22-12-17(25-19(22)21-16)13-5-3-2-4-6-13/h2-12H,1H3,(H,20,23). The van der Waals surface area contributed by atoms with Crippen molar-refractivity contribution in [3.8, 4) is 16.2 Å². The van der Waals surface area contributed by atoms with E-state index >= 15 is 0 Å². The molecule has 2 aromatic heterocycles. The van der Waals surface area contributed by atoms with Crippen molar-refractivity contribution in [2.75, 3.05) is 12.4 Å². The van der Waals surface area contributed by atoms with Gasteiger partial charge >= 0.3 is 0 Å². The Morgan fingerprint density at radius 1 is 1.08 bits per heavy atom. The lowest BCUT2D eigenvalue weighted by Crippen LogP contribution is -2.12. The van der Waals surface area contributed by atoms with E-state index in [2.05, 4.69) is 22.4 Å². The molecule has 0 fully saturated rings. The van der Waals surface area contributed by atoms with Gasteiger partial charge in [0.2, 0.25) is 0 Å². The molecule has 4 aromatic rings. The Kier molecular flexibility index (Phi) is 3.95. The molecular weight excluding hydrogens is 334 g/mol. The monoisotopic (exact) mass is 349 g/mol. The summed E-state index contributed by atoms with van der Waals surface area (Å²) in [6.45, 7) is 0. The van der Waals surface area contributed by atoms with Gasteiger partial charge in [-0.2, -0.15) is 0 Å². The number of carbonyl (C=O) groups excluding carboxylic acids is 1. The fraction of sp³-hybridized carbons (Fsp3) is 0.0526.